The first kappa shape index (κ1) is 20.2. The quantitative estimate of drug-likeness (QED) is 0.768. The number of aryl methyl sites for hydroxylation is 2. The van der Waals surface area contributed by atoms with Crippen LogP contribution in [0, 0.1) is 25.7 Å². The highest BCUT2D eigenvalue weighted by molar-refractivity contribution is 7.11. The molecule has 0 radical (unpaired) electrons. The average Bonchev–Trinajstić information content (AvgIpc) is 3.33. The zero-order valence-corrected chi connectivity index (χ0v) is 18.7. The summed E-state index contributed by atoms with van der Waals surface area (Å²) in [6.07, 6.45) is 0. The molecule has 2 amide bonds. The number of carbonyl (C=O) groups excluding carboxylic acids is 1. The van der Waals surface area contributed by atoms with Crippen LogP contribution in [0.4, 0.5) is 4.79 Å². The fraction of sp³-hybridized carbons (Fsp3) is 0.545. The highest BCUT2D eigenvalue weighted by Gasteiger charge is 2.49. The zero-order chi connectivity index (χ0) is 20.7. The molecule has 0 bridgehead atoms. The molecule has 3 atom stereocenters. The number of fused-ring (bicyclic) bond motifs is 1. The van der Waals surface area contributed by atoms with Gasteiger partial charge in [0.15, 0.2) is 0 Å². The first-order valence-corrected chi connectivity index (χ1v) is 11.0. The molecule has 0 unspecified atom stereocenters. The second kappa shape index (κ2) is 7.95. The summed E-state index contributed by atoms with van der Waals surface area (Å²) in [5.41, 5.74) is 2.35. The summed E-state index contributed by atoms with van der Waals surface area (Å²) in [7, 11) is 5.35. The second-order valence-corrected chi connectivity index (χ2v) is 9.69. The van der Waals surface area contributed by atoms with Gasteiger partial charge < -0.3 is 14.5 Å². The number of aromatic nitrogens is 1. The van der Waals surface area contributed by atoms with Crippen molar-refractivity contribution in [3.8, 4) is 5.75 Å². The van der Waals surface area contributed by atoms with Gasteiger partial charge in [0.1, 0.15) is 5.75 Å². The Labute approximate surface area is 177 Å². The third-order valence-corrected chi connectivity index (χ3v) is 7.25. The average molecular weight is 415 g/mol. The summed E-state index contributed by atoms with van der Waals surface area (Å²) in [4.78, 5) is 25.2. The topological polar surface area (TPSA) is 48.9 Å². The smallest absolute Gasteiger partial charge is 0.320 e. The number of ether oxygens (including phenoxy) is 1. The number of nitrogens with zero attached hydrogens (tertiary/aromatic N) is 4. The first-order chi connectivity index (χ1) is 13.9. The summed E-state index contributed by atoms with van der Waals surface area (Å²) in [5.74, 6) is 1.79. The van der Waals surface area contributed by atoms with Crippen LogP contribution in [0.3, 0.4) is 0 Å². The third kappa shape index (κ3) is 3.85. The molecule has 0 N–H and O–H groups in total. The lowest BCUT2D eigenvalue weighted by Gasteiger charge is -2.32. The number of hydrogen-bond donors (Lipinski definition) is 0. The summed E-state index contributed by atoms with van der Waals surface area (Å²) in [5, 5.41) is 1.13. The van der Waals surface area contributed by atoms with E-state index in [0.717, 1.165) is 42.6 Å². The molecule has 2 fully saturated rings. The van der Waals surface area contributed by atoms with E-state index in [4.69, 9.17) is 4.74 Å². The number of thiazole rings is 1. The van der Waals surface area contributed by atoms with Crippen LogP contribution >= 0.6 is 11.3 Å². The number of hydrogen-bond acceptors (Lipinski definition) is 5. The molecule has 0 saturated carbocycles. The SMILES string of the molecule is COc1ccc([C@H]2[C@@H]3CN(Cc4sc(C)nc4C)C[C@@H]3CN2C(=O)N(C)C)cc1. The maximum Gasteiger partial charge on any atom is 0.320 e. The molecule has 2 aliphatic rings. The van der Waals surface area contributed by atoms with E-state index >= 15 is 0 Å². The van der Waals surface area contributed by atoms with Gasteiger partial charge in [0.2, 0.25) is 0 Å². The van der Waals surface area contributed by atoms with Crippen LogP contribution in [-0.2, 0) is 6.54 Å². The monoisotopic (exact) mass is 414 g/mol. The minimum atomic E-state index is 0.0979. The maximum atomic E-state index is 12.9. The van der Waals surface area contributed by atoms with Crippen molar-refractivity contribution >= 4 is 17.4 Å². The van der Waals surface area contributed by atoms with Crippen molar-refractivity contribution < 1.29 is 9.53 Å². The minimum Gasteiger partial charge on any atom is -0.497 e. The highest BCUT2D eigenvalue weighted by atomic mass is 32.1. The Hall–Kier alpha value is -2.12. The Morgan fingerprint density at radius 2 is 1.93 bits per heavy atom. The molecule has 1 aromatic carbocycles. The minimum absolute atomic E-state index is 0.0979. The number of rotatable bonds is 4. The number of urea groups is 1. The van der Waals surface area contributed by atoms with Gasteiger partial charge in [0, 0.05) is 51.1 Å². The Balaban J connectivity index is 1.57. The number of carbonyl (C=O) groups is 1. The molecule has 0 spiro atoms. The Bertz CT molecular complexity index is 879. The fourth-order valence-electron chi connectivity index (χ4n) is 4.87. The molecule has 0 aliphatic carbocycles. The lowest BCUT2D eigenvalue weighted by Crippen LogP contribution is -2.41. The third-order valence-electron chi connectivity index (χ3n) is 6.19. The van der Waals surface area contributed by atoms with Crippen molar-refractivity contribution in [3.05, 3.63) is 45.4 Å². The van der Waals surface area contributed by atoms with Gasteiger partial charge in [0.05, 0.1) is 23.9 Å². The van der Waals surface area contributed by atoms with Gasteiger partial charge in [0.25, 0.3) is 0 Å². The lowest BCUT2D eigenvalue weighted by molar-refractivity contribution is 0.152. The summed E-state index contributed by atoms with van der Waals surface area (Å²) in [6.45, 7) is 7.99. The fourth-order valence-corrected chi connectivity index (χ4v) is 5.85. The largest absolute Gasteiger partial charge is 0.497 e. The molecule has 2 saturated heterocycles. The molecule has 3 heterocycles. The van der Waals surface area contributed by atoms with E-state index in [1.807, 2.05) is 26.2 Å². The van der Waals surface area contributed by atoms with Gasteiger partial charge in [-0.1, -0.05) is 12.1 Å². The molecule has 6 nitrogen and oxygen atoms in total. The van der Waals surface area contributed by atoms with Crippen LogP contribution in [0.5, 0.6) is 5.75 Å². The predicted molar refractivity (Wildman–Crippen MR) is 115 cm³/mol. The van der Waals surface area contributed by atoms with Gasteiger partial charge in [-0.3, -0.25) is 4.90 Å². The van der Waals surface area contributed by atoms with Crippen molar-refractivity contribution in [2.45, 2.75) is 26.4 Å². The van der Waals surface area contributed by atoms with E-state index in [-0.39, 0.29) is 12.1 Å². The van der Waals surface area contributed by atoms with Gasteiger partial charge >= 0.3 is 6.03 Å². The van der Waals surface area contributed by atoms with E-state index < -0.39 is 0 Å². The Kier molecular flexibility index (Phi) is 5.53. The molecular formula is C22H30N4O2S. The van der Waals surface area contributed by atoms with E-state index in [1.54, 1.807) is 23.3 Å². The van der Waals surface area contributed by atoms with Crippen LogP contribution in [0.15, 0.2) is 24.3 Å². The van der Waals surface area contributed by atoms with Crippen LogP contribution < -0.4 is 4.74 Å². The van der Waals surface area contributed by atoms with E-state index in [9.17, 15) is 4.79 Å². The number of likely N-dealkylation sites (tertiary alicyclic amines) is 2. The van der Waals surface area contributed by atoms with Crippen LogP contribution in [0.2, 0.25) is 0 Å². The van der Waals surface area contributed by atoms with Crippen molar-refractivity contribution in [1.82, 2.24) is 19.7 Å². The van der Waals surface area contributed by atoms with E-state index in [2.05, 4.69) is 40.8 Å². The van der Waals surface area contributed by atoms with Crippen molar-refractivity contribution in [2.75, 3.05) is 40.8 Å². The van der Waals surface area contributed by atoms with E-state index in [0.29, 0.717) is 11.8 Å². The first-order valence-electron chi connectivity index (χ1n) is 10.1. The lowest BCUT2D eigenvalue weighted by atomic mass is 9.89. The summed E-state index contributed by atoms with van der Waals surface area (Å²) in [6, 6.07) is 8.42. The zero-order valence-electron chi connectivity index (χ0n) is 17.9. The summed E-state index contributed by atoms with van der Waals surface area (Å²) >= 11 is 1.80. The second-order valence-electron chi connectivity index (χ2n) is 8.41. The number of amides is 2. The summed E-state index contributed by atoms with van der Waals surface area (Å²) < 4.78 is 5.33. The molecule has 156 valence electrons. The van der Waals surface area contributed by atoms with Crippen LogP contribution in [0.25, 0.3) is 0 Å². The Morgan fingerprint density at radius 1 is 1.21 bits per heavy atom. The normalized spacial score (nSPS) is 24.0. The number of methoxy groups -OCH3 is 1. The standard InChI is InChI=1S/C22H30N4O2S/c1-14-20(29-15(2)23-14)13-25-10-17-11-26(22(27)24(3)4)21(19(17)12-25)16-6-8-18(28-5)9-7-16/h6-9,17,19,21H,10-13H2,1-5H3/t17-,19-,21+/m1/s1. The van der Waals surface area contributed by atoms with Crippen molar-refractivity contribution in [2.24, 2.45) is 11.8 Å². The predicted octanol–water partition coefficient (Wildman–Crippen LogP) is 3.56. The molecule has 29 heavy (non-hydrogen) atoms. The van der Waals surface area contributed by atoms with Gasteiger partial charge in [-0.25, -0.2) is 9.78 Å². The molecule has 4 rings (SSSR count). The number of benzene rings is 1. The van der Waals surface area contributed by atoms with Crippen LogP contribution in [0.1, 0.15) is 27.2 Å². The van der Waals surface area contributed by atoms with E-state index in [1.165, 1.54) is 10.4 Å². The highest BCUT2D eigenvalue weighted by Crippen LogP contribution is 2.46. The van der Waals surface area contributed by atoms with Gasteiger partial charge in [-0.15, -0.1) is 11.3 Å². The van der Waals surface area contributed by atoms with Gasteiger partial charge in [-0.05, 0) is 37.5 Å². The van der Waals surface area contributed by atoms with Crippen molar-refractivity contribution in [1.29, 1.82) is 0 Å². The molecule has 1 aromatic heterocycles. The Morgan fingerprint density at radius 3 is 2.52 bits per heavy atom. The van der Waals surface area contributed by atoms with Gasteiger partial charge in [-0.2, -0.15) is 0 Å². The molecule has 2 aromatic rings. The molecular weight excluding hydrogens is 384 g/mol. The molecule has 7 heteroatoms. The van der Waals surface area contributed by atoms with Crippen molar-refractivity contribution in [3.63, 3.8) is 0 Å². The van der Waals surface area contributed by atoms with Crippen LogP contribution in [-0.4, -0.2) is 66.6 Å². The maximum absolute atomic E-state index is 12.9. The molecule has 2 aliphatic heterocycles.